The van der Waals surface area contributed by atoms with E-state index in [1.165, 1.54) is 4.90 Å². The number of para-hydroxylation sites is 1. The Bertz CT molecular complexity index is 953. The van der Waals surface area contributed by atoms with Gasteiger partial charge in [0.25, 0.3) is 5.91 Å². The molecule has 1 unspecified atom stereocenters. The molecule has 0 radical (unpaired) electrons. The first-order chi connectivity index (χ1) is 12.7. The van der Waals surface area contributed by atoms with E-state index in [4.69, 9.17) is 16.3 Å². The zero-order valence-corrected chi connectivity index (χ0v) is 16.6. The van der Waals surface area contributed by atoms with Gasteiger partial charge in [-0.3, -0.25) is 4.79 Å². The molecule has 3 rings (SSSR count). The second-order valence-corrected chi connectivity index (χ2v) is 9.17. The summed E-state index contributed by atoms with van der Waals surface area (Å²) < 4.78 is 29.7. The van der Waals surface area contributed by atoms with E-state index in [1.807, 2.05) is 6.07 Å². The Labute approximate surface area is 164 Å². The minimum Gasteiger partial charge on any atom is -0.478 e. The third kappa shape index (κ3) is 4.51. The highest BCUT2D eigenvalue weighted by molar-refractivity contribution is 7.94. The second kappa shape index (κ2) is 7.37. The number of sulfone groups is 1. The maximum Gasteiger partial charge on any atom is 0.271 e. The van der Waals surface area contributed by atoms with Crippen LogP contribution in [0.4, 0.5) is 5.69 Å². The lowest BCUT2D eigenvalue weighted by molar-refractivity contribution is -0.131. The number of hydrogen-bond donors (Lipinski definition) is 0. The molecule has 0 spiro atoms. The van der Waals surface area contributed by atoms with Crippen LogP contribution in [0.25, 0.3) is 0 Å². The lowest BCUT2D eigenvalue weighted by Gasteiger charge is -2.35. The molecule has 0 fully saturated rings. The van der Waals surface area contributed by atoms with Gasteiger partial charge in [0.2, 0.25) is 0 Å². The number of benzene rings is 2. The van der Waals surface area contributed by atoms with Gasteiger partial charge in [-0.05, 0) is 56.3 Å². The molecular weight excluding hydrogens is 386 g/mol. The SMILES string of the molecule is CC(C)(Oc1ccc(Cl)cc1)C(=O)N(c1ccccc1)C1C=CS(=O)(=O)C1. The lowest BCUT2D eigenvalue weighted by Crippen LogP contribution is -2.53. The van der Waals surface area contributed by atoms with Crippen LogP contribution in [0, 0.1) is 0 Å². The van der Waals surface area contributed by atoms with Crippen molar-refractivity contribution >= 4 is 33.0 Å². The van der Waals surface area contributed by atoms with E-state index in [-0.39, 0.29) is 11.7 Å². The zero-order valence-electron chi connectivity index (χ0n) is 15.0. The van der Waals surface area contributed by atoms with Gasteiger partial charge in [0.15, 0.2) is 15.4 Å². The predicted molar refractivity (Wildman–Crippen MR) is 107 cm³/mol. The summed E-state index contributed by atoms with van der Waals surface area (Å²) in [6.45, 7) is 3.32. The molecule has 2 aromatic carbocycles. The number of rotatable bonds is 5. The number of amides is 1. The van der Waals surface area contributed by atoms with Crippen LogP contribution in [-0.4, -0.2) is 31.7 Å². The summed E-state index contributed by atoms with van der Waals surface area (Å²) in [5, 5.41) is 1.73. The van der Waals surface area contributed by atoms with Crippen LogP contribution in [-0.2, 0) is 14.6 Å². The van der Waals surface area contributed by atoms with Crippen molar-refractivity contribution in [2.24, 2.45) is 0 Å². The van der Waals surface area contributed by atoms with E-state index in [9.17, 15) is 13.2 Å². The average molecular weight is 406 g/mol. The van der Waals surface area contributed by atoms with Crippen molar-refractivity contribution in [2.75, 3.05) is 10.7 Å². The Morgan fingerprint density at radius 1 is 1.11 bits per heavy atom. The highest BCUT2D eigenvalue weighted by atomic mass is 35.5. The van der Waals surface area contributed by atoms with Gasteiger partial charge in [-0.2, -0.15) is 0 Å². The number of carbonyl (C=O) groups excluding carboxylic acids is 1. The van der Waals surface area contributed by atoms with Crippen LogP contribution in [0.3, 0.4) is 0 Å². The molecule has 1 heterocycles. The highest BCUT2D eigenvalue weighted by Crippen LogP contribution is 2.28. The Balaban J connectivity index is 1.92. The molecular formula is C20H20ClNO4S. The molecule has 5 nitrogen and oxygen atoms in total. The van der Waals surface area contributed by atoms with Crippen LogP contribution in [0.2, 0.25) is 5.02 Å². The van der Waals surface area contributed by atoms with Crippen LogP contribution < -0.4 is 9.64 Å². The van der Waals surface area contributed by atoms with Crippen LogP contribution in [0.5, 0.6) is 5.75 Å². The number of anilines is 1. The van der Waals surface area contributed by atoms with Crippen LogP contribution >= 0.6 is 11.6 Å². The van der Waals surface area contributed by atoms with E-state index < -0.39 is 21.5 Å². The van der Waals surface area contributed by atoms with Gasteiger partial charge in [-0.1, -0.05) is 29.8 Å². The van der Waals surface area contributed by atoms with Gasteiger partial charge >= 0.3 is 0 Å². The largest absolute Gasteiger partial charge is 0.478 e. The fourth-order valence-corrected chi connectivity index (χ4v) is 4.29. The van der Waals surface area contributed by atoms with E-state index in [0.717, 1.165) is 5.41 Å². The van der Waals surface area contributed by atoms with Gasteiger partial charge < -0.3 is 9.64 Å². The molecule has 0 saturated heterocycles. The summed E-state index contributed by atoms with van der Waals surface area (Å²) >= 11 is 5.89. The van der Waals surface area contributed by atoms with Crippen molar-refractivity contribution in [1.29, 1.82) is 0 Å². The number of nitrogens with zero attached hydrogens (tertiary/aromatic N) is 1. The minimum absolute atomic E-state index is 0.148. The van der Waals surface area contributed by atoms with E-state index in [0.29, 0.717) is 16.5 Å². The van der Waals surface area contributed by atoms with E-state index >= 15 is 0 Å². The van der Waals surface area contributed by atoms with Gasteiger partial charge in [-0.15, -0.1) is 0 Å². The lowest BCUT2D eigenvalue weighted by atomic mass is 10.0. The normalized spacial score (nSPS) is 18.3. The Morgan fingerprint density at radius 3 is 2.30 bits per heavy atom. The average Bonchev–Trinajstić information content (AvgIpc) is 2.97. The van der Waals surface area contributed by atoms with Crippen molar-refractivity contribution in [2.45, 2.75) is 25.5 Å². The maximum atomic E-state index is 13.4. The van der Waals surface area contributed by atoms with E-state index in [2.05, 4.69) is 0 Å². The number of ether oxygens (including phenoxy) is 1. The smallest absolute Gasteiger partial charge is 0.271 e. The molecule has 142 valence electrons. The van der Waals surface area contributed by atoms with Crippen LogP contribution in [0.15, 0.2) is 66.1 Å². The summed E-state index contributed by atoms with van der Waals surface area (Å²) in [5.41, 5.74) is -0.605. The first-order valence-corrected chi connectivity index (χ1v) is 10.5. The van der Waals surface area contributed by atoms with Crippen molar-refractivity contribution < 1.29 is 17.9 Å². The number of carbonyl (C=O) groups is 1. The first-order valence-electron chi connectivity index (χ1n) is 8.42. The maximum absolute atomic E-state index is 13.4. The molecule has 0 saturated carbocycles. The molecule has 0 bridgehead atoms. The van der Waals surface area contributed by atoms with Gasteiger partial charge in [0.1, 0.15) is 5.75 Å². The second-order valence-electron chi connectivity index (χ2n) is 6.80. The summed E-state index contributed by atoms with van der Waals surface area (Å²) in [5.74, 6) is 0.0146. The van der Waals surface area contributed by atoms with Gasteiger partial charge in [0.05, 0.1) is 11.8 Å². The summed E-state index contributed by atoms with van der Waals surface area (Å²) in [6.07, 6.45) is 1.54. The third-order valence-corrected chi connectivity index (χ3v) is 5.83. The fourth-order valence-electron chi connectivity index (χ4n) is 2.90. The summed E-state index contributed by atoms with van der Waals surface area (Å²) in [4.78, 5) is 14.9. The molecule has 27 heavy (non-hydrogen) atoms. The molecule has 1 aliphatic rings. The Morgan fingerprint density at radius 2 is 1.74 bits per heavy atom. The predicted octanol–water partition coefficient (Wildman–Crippen LogP) is 3.84. The van der Waals surface area contributed by atoms with Crippen molar-refractivity contribution in [3.05, 3.63) is 71.1 Å². The standard InChI is InChI=1S/C20H20ClNO4S/c1-20(2,26-18-10-8-15(21)9-11-18)19(23)22(16-6-4-3-5-7-16)17-12-13-27(24,25)14-17/h3-13,17H,14H2,1-2H3. The first kappa shape index (κ1) is 19.5. The topological polar surface area (TPSA) is 63.7 Å². The number of hydrogen-bond acceptors (Lipinski definition) is 4. The fraction of sp³-hybridized carbons (Fsp3) is 0.250. The molecule has 7 heteroatoms. The Hall–Kier alpha value is -2.31. The molecule has 1 atom stereocenters. The Kier molecular flexibility index (Phi) is 5.31. The third-order valence-electron chi connectivity index (χ3n) is 4.20. The molecule has 1 amide bonds. The molecule has 0 aromatic heterocycles. The quantitative estimate of drug-likeness (QED) is 0.758. The molecule has 2 aromatic rings. The molecule has 0 N–H and O–H groups in total. The highest BCUT2D eigenvalue weighted by Gasteiger charge is 2.40. The molecule has 0 aliphatic carbocycles. The summed E-state index contributed by atoms with van der Waals surface area (Å²) in [6, 6.07) is 15.1. The minimum atomic E-state index is -3.32. The molecule has 1 aliphatic heterocycles. The summed E-state index contributed by atoms with van der Waals surface area (Å²) in [7, 11) is -3.32. The van der Waals surface area contributed by atoms with Crippen molar-refractivity contribution in [1.82, 2.24) is 0 Å². The van der Waals surface area contributed by atoms with Gasteiger partial charge in [-0.25, -0.2) is 8.42 Å². The van der Waals surface area contributed by atoms with Crippen molar-refractivity contribution in [3.8, 4) is 5.75 Å². The van der Waals surface area contributed by atoms with E-state index in [1.54, 1.807) is 68.5 Å². The van der Waals surface area contributed by atoms with Gasteiger partial charge in [0, 0.05) is 16.1 Å². The monoisotopic (exact) mass is 405 g/mol. The van der Waals surface area contributed by atoms with Crippen molar-refractivity contribution in [3.63, 3.8) is 0 Å². The van der Waals surface area contributed by atoms with Crippen LogP contribution in [0.1, 0.15) is 13.8 Å². The number of halogens is 1. The zero-order chi connectivity index (χ0) is 19.7.